The third-order valence-electron chi connectivity index (χ3n) is 9.33. The minimum absolute atomic E-state index is 0.0304. The van der Waals surface area contributed by atoms with Crippen molar-refractivity contribution in [1.29, 1.82) is 0 Å². The molecule has 8 bridgehead atoms. The molecule has 2 aliphatic rings. The molecule has 9 rings (SSSR count). The van der Waals surface area contributed by atoms with Gasteiger partial charge in [0.15, 0.2) is 11.5 Å². The lowest BCUT2D eigenvalue weighted by molar-refractivity contribution is -0.384. The fourth-order valence-corrected chi connectivity index (χ4v) is 6.70. The predicted molar refractivity (Wildman–Crippen MR) is 216 cm³/mol. The summed E-state index contributed by atoms with van der Waals surface area (Å²) in [5, 5.41) is 11.4. The summed E-state index contributed by atoms with van der Waals surface area (Å²) in [4.78, 5) is 28.6. The van der Waals surface area contributed by atoms with Crippen LogP contribution in [0.5, 0.6) is 28.7 Å². The Labute approximate surface area is 314 Å². The van der Waals surface area contributed by atoms with Gasteiger partial charge in [-0.05, 0) is 96.1 Å². The summed E-state index contributed by atoms with van der Waals surface area (Å²) < 4.78 is 18.6. The first-order valence-corrected chi connectivity index (χ1v) is 17.5. The summed E-state index contributed by atoms with van der Waals surface area (Å²) in [6.07, 6.45) is 7.82. The molecule has 0 saturated heterocycles. The molecule has 55 heavy (non-hydrogen) atoms. The Morgan fingerprint density at radius 2 is 0.891 bits per heavy atom. The van der Waals surface area contributed by atoms with E-state index in [4.69, 9.17) is 24.2 Å². The summed E-state index contributed by atoms with van der Waals surface area (Å²) >= 11 is 0. The van der Waals surface area contributed by atoms with E-state index in [0.717, 1.165) is 50.2 Å². The highest BCUT2D eigenvalue weighted by Crippen LogP contribution is 2.39. The summed E-state index contributed by atoms with van der Waals surface area (Å²) in [7, 11) is 1.63. The van der Waals surface area contributed by atoms with E-state index < -0.39 is 4.92 Å². The van der Waals surface area contributed by atoms with Crippen molar-refractivity contribution in [2.24, 2.45) is 0 Å². The fraction of sp³-hybridized carbons (Fsp3) is 0.0222. The number of nitrogens with zero attached hydrogens (tertiary/aromatic N) is 3. The normalized spacial score (nSPS) is 11.7. The second-order valence-electron chi connectivity index (χ2n) is 12.8. The highest BCUT2D eigenvalue weighted by molar-refractivity contribution is 5.95. The summed E-state index contributed by atoms with van der Waals surface area (Å²) in [5.41, 5.74) is 9.25. The molecule has 0 atom stereocenters. The topological polar surface area (TPSA) is 128 Å². The van der Waals surface area contributed by atoms with Gasteiger partial charge in [0.25, 0.3) is 5.69 Å². The van der Waals surface area contributed by atoms with E-state index in [1.54, 1.807) is 19.2 Å². The number of hydrogen-bond donors (Lipinski definition) is 2. The van der Waals surface area contributed by atoms with Gasteiger partial charge in [0.1, 0.15) is 28.6 Å². The zero-order chi connectivity index (χ0) is 37.3. The molecule has 0 fully saturated rings. The number of hydrogen-bond acceptors (Lipinski definition) is 7. The highest BCUT2D eigenvalue weighted by Gasteiger charge is 2.19. The van der Waals surface area contributed by atoms with Crippen molar-refractivity contribution in [1.82, 2.24) is 19.9 Å². The van der Waals surface area contributed by atoms with E-state index in [9.17, 15) is 10.1 Å². The molecule has 2 aliphatic heterocycles. The van der Waals surface area contributed by atoms with Gasteiger partial charge in [0, 0.05) is 34.3 Å². The van der Waals surface area contributed by atoms with Crippen LogP contribution < -0.4 is 14.2 Å². The Bertz CT molecular complexity index is 2770. The minimum atomic E-state index is -0.436. The quantitative estimate of drug-likeness (QED) is 0.118. The van der Waals surface area contributed by atoms with Gasteiger partial charge in [-0.3, -0.25) is 10.1 Å². The van der Waals surface area contributed by atoms with E-state index in [1.807, 2.05) is 133 Å². The zero-order valence-corrected chi connectivity index (χ0v) is 29.4. The monoisotopic (exact) mass is 721 g/mol. The van der Waals surface area contributed by atoms with Gasteiger partial charge in [-0.1, -0.05) is 60.7 Å². The third kappa shape index (κ3) is 6.49. The van der Waals surface area contributed by atoms with Crippen LogP contribution in [-0.2, 0) is 0 Å². The average molecular weight is 722 g/mol. The number of rotatable bonds is 8. The Hall–Kier alpha value is -7.72. The van der Waals surface area contributed by atoms with Crippen LogP contribution in [0.3, 0.4) is 0 Å². The van der Waals surface area contributed by atoms with Gasteiger partial charge < -0.3 is 24.2 Å². The maximum atomic E-state index is 11.4. The molecule has 10 nitrogen and oxygen atoms in total. The number of benzene rings is 4. The molecule has 7 aromatic rings. The van der Waals surface area contributed by atoms with Crippen LogP contribution in [0.4, 0.5) is 5.69 Å². The van der Waals surface area contributed by atoms with Crippen molar-refractivity contribution >= 4 is 52.1 Å². The molecular weight excluding hydrogens is 691 g/mol. The van der Waals surface area contributed by atoms with Gasteiger partial charge in [0.05, 0.1) is 34.5 Å². The lowest BCUT2D eigenvalue weighted by Crippen LogP contribution is -1.92. The molecule has 2 N–H and O–H groups in total. The van der Waals surface area contributed by atoms with Crippen molar-refractivity contribution < 1.29 is 19.1 Å². The first-order chi connectivity index (χ1) is 27.0. The van der Waals surface area contributed by atoms with E-state index in [1.165, 1.54) is 12.1 Å². The number of aromatic amines is 2. The van der Waals surface area contributed by atoms with Crippen LogP contribution in [0.1, 0.15) is 22.8 Å². The molecule has 0 saturated carbocycles. The second-order valence-corrected chi connectivity index (χ2v) is 12.8. The second kappa shape index (κ2) is 14.0. The van der Waals surface area contributed by atoms with Crippen LogP contribution in [0, 0.1) is 10.1 Å². The van der Waals surface area contributed by atoms with Crippen LogP contribution >= 0.6 is 0 Å². The van der Waals surface area contributed by atoms with Crippen molar-refractivity contribution in [2.75, 3.05) is 7.11 Å². The molecule has 0 radical (unpaired) electrons. The van der Waals surface area contributed by atoms with Crippen LogP contribution in [0.25, 0.3) is 68.6 Å². The molecule has 3 aromatic heterocycles. The SMILES string of the molecule is COc1ccc(Oc2c3nc(c(-c4ccccc4)c4ccc([nH]4)c(Oc4ccc([N+](=O)[O-])cc4)c4nc(c(-c5ccccc5)c5ccc2[nH]5)C=C4)C=C3)cc1. The van der Waals surface area contributed by atoms with Crippen LogP contribution in [0.15, 0.2) is 133 Å². The molecule has 0 spiro atoms. The highest BCUT2D eigenvalue weighted by atomic mass is 16.6. The molecule has 0 amide bonds. The maximum Gasteiger partial charge on any atom is 0.269 e. The molecular formula is C45H31N5O5. The number of nitrogens with one attached hydrogen (secondary N) is 2. The van der Waals surface area contributed by atoms with Gasteiger partial charge >= 0.3 is 0 Å². The van der Waals surface area contributed by atoms with E-state index in [0.29, 0.717) is 45.6 Å². The maximum absolute atomic E-state index is 11.4. The predicted octanol–water partition coefficient (Wildman–Crippen LogP) is 11.5. The van der Waals surface area contributed by atoms with E-state index in [-0.39, 0.29) is 5.69 Å². The fourth-order valence-electron chi connectivity index (χ4n) is 6.70. The van der Waals surface area contributed by atoms with Crippen LogP contribution in [-0.4, -0.2) is 32.0 Å². The number of non-ortho nitro benzene ring substituents is 1. The average Bonchev–Trinajstić information content (AvgIpc) is 4.07. The van der Waals surface area contributed by atoms with Crippen molar-refractivity contribution in [3.63, 3.8) is 0 Å². The molecule has 4 aromatic carbocycles. The molecule has 266 valence electrons. The lowest BCUT2D eigenvalue weighted by Gasteiger charge is -2.09. The lowest BCUT2D eigenvalue weighted by atomic mass is 10.0. The Balaban J connectivity index is 1.37. The van der Waals surface area contributed by atoms with Gasteiger partial charge in [-0.25, -0.2) is 9.97 Å². The summed E-state index contributed by atoms with van der Waals surface area (Å²) in [5.74, 6) is 2.76. The molecule has 0 unspecified atom stereocenters. The number of ether oxygens (including phenoxy) is 3. The molecule has 5 heterocycles. The number of nitro benzene ring substituents is 1. The van der Waals surface area contributed by atoms with Crippen molar-refractivity contribution in [2.45, 2.75) is 0 Å². The Kier molecular flexibility index (Phi) is 8.44. The van der Waals surface area contributed by atoms with Crippen molar-refractivity contribution in [3.8, 4) is 51.0 Å². The Morgan fingerprint density at radius 1 is 0.491 bits per heavy atom. The van der Waals surface area contributed by atoms with E-state index in [2.05, 4.69) is 9.97 Å². The molecule has 0 aliphatic carbocycles. The first-order valence-electron chi connectivity index (χ1n) is 17.5. The number of methoxy groups -OCH3 is 1. The van der Waals surface area contributed by atoms with Crippen LogP contribution in [0.2, 0.25) is 0 Å². The number of aromatic nitrogens is 4. The minimum Gasteiger partial charge on any atom is -0.497 e. The van der Waals surface area contributed by atoms with E-state index >= 15 is 0 Å². The largest absolute Gasteiger partial charge is 0.497 e. The number of fused-ring (bicyclic) bond motifs is 8. The first kappa shape index (κ1) is 33.1. The smallest absolute Gasteiger partial charge is 0.269 e. The van der Waals surface area contributed by atoms with Gasteiger partial charge in [-0.2, -0.15) is 0 Å². The van der Waals surface area contributed by atoms with Crippen molar-refractivity contribution in [3.05, 3.63) is 166 Å². The van der Waals surface area contributed by atoms with Gasteiger partial charge in [0.2, 0.25) is 0 Å². The summed E-state index contributed by atoms with van der Waals surface area (Å²) in [6, 6.07) is 41.5. The summed E-state index contributed by atoms with van der Waals surface area (Å²) in [6.45, 7) is 0. The van der Waals surface area contributed by atoms with Gasteiger partial charge in [-0.15, -0.1) is 0 Å². The third-order valence-corrected chi connectivity index (χ3v) is 9.33. The zero-order valence-electron chi connectivity index (χ0n) is 29.4. The number of H-pyrrole nitrogens is 2. The number of nitro groups is 1. The standard InChI is InChI=1S/C45H31N5O5/c1-53-31-16-18-33(19-17-31)55-45-40-26-22-36(48-40)42(28-8-4-2-5-9-28)34-20-24-38(46-34)44(54-32-14-12-30(13-15-32)50(51)52)39-25-21-35(47-39)43(29-10-6-3-7-11-29)37-23-27-41(45)49-37/h2-27,46,49H,1H3. The Morgan fingerprint density at radius 3 is 1.33 bits per heavy atom. The molecule has 10 heteroatoms.